The van der Waals surface area contributed by atoms with Gasteiger partial charge in [0, 0.05) is 13.1 Å². The van der Waals surface area contributed by atoms with Crippen LogP contribution in [0.4, 0.5) is 0 Å². The van der Waals surface area contributed by atoms with E-state index in [0.717, 1.165) is 24.1 Å². The molecule has 4 heteroatoms. The molecule has 0 unspecified atom stereocenters. The first-order valence-corrected chi connectivity index (χ1v) is 9.34. The molecule has 4 nitrogen and oxygen atoms in total. The summed E-state index contributed by atoms with van der Waals surface area (Å²) in [4.78, 5) is 17.9. The topological polar surface area (TPSA) is 41.0 Å². The van der Waals surface area contributed by atoms with Crippen molar-refractivity contribution >= 4 is 11.0 Å². The molecule has 1 aliphatic heterocycles. The summed E-state index contributed by atoms with van der Waals surface area (Å²) in [6.45, 7) is 1.71. The third kappa shape index (κ3) is 2.78. The lowest BCUT2D eigenvalue weighted by atomic mass is 9.93. The highest BCUT2D eigenvalue weighted by Crippen LogP contribution is 2.36. The van der Waals surface area contributed by atoms with Gasteiger partial charge in [-0.05, 0) is 23.3 Å². The summed E-state index contributed by atoms with van der Waals surface area (Å²) in [5.41, 5.74) is 4.45. The molecule has 0 aliphatic carbocycles. The number of hydrogen-bond donors (Lipinski definition) is 1. The Bertz CT molecular complexity index is 1070. The van der Waals surface area contributed by atoms with Gasteiger partial charge in [-0.3, -0.25) is 9.47 Å². The quantitative estimate of drug-likeness (QED) is 0.602. The van der Waals surface area contributed by atoms with E-state index in [9.17, 15) is 4.79 Å². The van der Waals surface area contributed by atoms with Gasteiger partial charge in [-0.25, -0.2) is 4.79 Å². The normalized spacial score (nSPS) is 15.3. The molecule has 0 bridgehead atoms. The van der Waals surface area contributed by atoms with E-state index in [0.29, 0.717) is 0 Å². The molecule has 1 aliphatic rings. The largest absolute Gasteiger partial charge is 0.326 e. The van der Waals surface area contributed by atoms with Crippen molar-refractivity contribution in [3.05, 3.63) is 107 Å². The number of H-pyrrole nitrogens is 1. The SMILES string of the molecule is O=c1[nH]c2ccccc2n1C1CN(C(c2ccccc2)c2ccccc2)C1. The molecule has 0 saturated carbocycles. The Morgan fingerprint density at radius 3 is 1.96 bits per heavy atom. The lowest BCUT2D eigenvalue weighted by Crippen LogP contribution is -2.51. The predicted octanol–water partition coefficient (Wildman–Crippen LogP) is 3.98. The van der Waals surface area contributed by atoms with Crippen LogP contribution in [0.5, 0.6) is 0 Å². The van der Waals surface area contributed by atoms with Crippen LogP contribution in [0.15, 0.2) is 89.7 Å². The first-order chi connectivity index (χ1) is 13.3. The van der Waals surface area contributed by atoms with Gasteiger partial charge in [-0.1, -0.05) is 72.8 Å². The number of benzene rings is 3. The van der Waals surface area contributed by atoms with Gasteiger partial charge in [-0.15, -0.1) is 0 Å². The summed E-state index contributed by atoms with van der Waals surface area (Å²) in [5.74, 6) is 0. The molecule has 4 aromatic rings. The zero-order valence-electron chi connectivity index (χ0n) is 15.0. The number of aromatic amines is 1. The Morgan fingerprint density at radius 1 is 0.778 bits per heavy atom. The molecule has 27 heavy (non-hydrogen) atoms. The summed E-state index contributed by atoms with van der Waals surface area (Å²) in [5, 5.41) is 0. The molecule has 5 rings (SSSR count). The highest BCUT2D eigenvalue weighted by atomic mass is 16.1. The van der Waals surface area contributed by atoms with Gasteiger partial charge in [0.15, 0.2) is 0 Å². The third-order valence-electron chi connectivity index (χ3n) is 5.48. The van der Waals surface area contributed by atoms with Gasteiger partial charge in [0.1, 0.15) is 0 Å². The molecule has 0 atom stereocenters. The minimum absolute atomic E-state index is 0.0168. The standard InChI is InChI=1S/C23H21N3O/c27-23-24-20-13-7-8-14-21(20)26(23)19-15-25(16-19)22(17-9-3-1-4-10-17)18-11-5-2-6-12-18/h1-14,19,22H,15-16H2,(H,24,27). The number of rotatable bonds is 4. The molecule has 1 saturated heterocycles. The molecule has 1 fully saturated rings. The molecule has 0 spiro atoms. The maximum atomic E-state index is 12.5. The van der Waals surface area contributed by atoms with Crippen molar-refractivity contribution in [1.82, 2.24) is 14.5 Å². The van der Waals surface area contributed by atoms with Crippen molar-refractivity contribution in [1.29, 1.82) is 0 Å². The predicted molar refractivity (Wildman–Crippen MR) is 108 cm³/mol. The highest BCUT2D eigenvalue weighted by molar-refractivity contribution is 5.75. The fourth-order valence-corrected chi connectivity index (χ4v) is 4.18. The monoisotopic (exact) mass is 355 g/mol. The fraction of sp³-hybridized carbons (Fsp3) is 0.174. The highest BCUT2D eigenvalue weighted by Gasteiger charge is 2.36. The van der Waals surface area contributed by atoms with Crippen molar-refractivity contribution in [2.45, 2.75) is 12.1 Å². The van der Waals surface area contributed by atoms with Crippen LogP contribution in [0.1, 0.15) is 23.2 Å². The van der Waals surface area contributed by atoms with E-state index >= 15 is 0 Å². The maximum Gasteiger partial charge on any atom is 0.326 e. The number of nitrogens with one attached hydrogen (secondary N) is 1. The van der Waals surface area contributed by atoms with E-state index in [-0.39, 0.29) is 17.8 Å². The number of hydrogen-bond acceptors (Lipinski definition) is 2. The Morgan fingerprint density at radius 2 is 1.33 bits per heavy atom. The molecular formula is C23H21N3O. The Labute approximate surface area is 157 Å². The number of likely N-dealkylation sites (tertiary alicyclic amines) is 1. The van der Waals surface area contributed by atoms with Gasteiger partial charge >= 0.3 is 5.69 Å². The second-order valence-corrected chi connectivity index (χ2v) is 7.15. The first kappa shape index (κ1) is 16.1. The lowest BCUT2D eigenvalue weighted by molar-refractivity contribution is 0.0756. The van der Waals surface area contributed by atoms with Crippen molar-refractivity contribution in [2.75, 3.05) is 13.1 Å². The van der Waals surface area contributed by atoms with Crippen molar-refractivity contribution in [3.63, 3.8) is 0 Å². The number of imidazole rings is 1. The van der Waals surface area contributed by atoms with Crippen LogP contribution in [-0.4, -0.2) is 27.5 Å². The van der Waals surface area contributed by atoms with E-state index in [1.165, 1.54) is 11.1 Å². The zero-order valence-corrected chi connectivity index (χ0v) is 15.0. The van der Waals surface area contributed by atoms with Crippen molar-refractivity contribution in [2.24, 2.45) is 0 Å². The zero-order chi connectivity index (χ0) is 18.2. The first-order valence-electron chi connectivity index (χ1n) is 9.34. The van der Waals surface area contributed by atoms with Gasteiger partial charge < -0.3 is 4.98 Å². The number of aromatic nitrogens is 2. The minimum atomic E-state index is -0.0168. The average Bonchev–Trinajstić information content (AvgIpc) is 3.01. The molecule has 2 heterocycles. The smallest absolute Gasteiger partial charge is 0.306 e. The average molecular weight is 355 g/mol. The summed E-state index contributed by atoms with van der Waals surface area (Å²) in [6.07, 6.45) is 0. The summed E-state index contributed by atoms with van der Waals surface area (Å²) >= 11 is 0. The summed E-state index contributed by atoms with van der Waals surface area (Å²) < 4.78 is 1.92. The van der Waals surface area contributed by atoms with E-state index in [4.69, 9.17) is 0 Å². The Kier molecular flexibility index (Phi) is 3.91. The van der Waals surface area contributed by atoms with Gasteiger partial charge in [0.25, 0.3) is 0 Å². The fourth-order valence-electron chi connectivity index (χ4n) is 4.18. The van der Waals surface area contributed by atoms with E-state index in [2.05, 4.69) is 70.5 Å². The van der Waals surface area contributed by atoms with Crippen LogP contribution in [0.25, 0.3) is 11.0 Å². The lowest BCUT2D eigenvalue weighted by Gasteiger charge is -2.45. The molecule has 134 valence electrons. The molecule has 0 radical (unpaired) electrons. The van der Waals surface area contributed by atoms with Crippen LogP contribution in [0, 0.1) is 0 Å². The van der Waals surface area contributed by atoms with Gasteiger partial charge in [-0.2, -0.15) is 0 Å². The molecule has 1 aromatic heterocycles. The number of para-hydroxylation sites is 2. The molecule has 3 aromatic carbocycles. The second kappa shape index (κ2) is 6.56. The number of fused-ring (bicyclic) bond motifs is 1. The van der Waals surface area contributed by atoms with Crippen LogP contribution in [0.2, 0.25) is 0 Å². The van der Waals surface area contributed by atoms with Crippen LogP contribution in [-0.2, 0) is 0 Å². The number of nitrogens with zero attached hydrogens (tertiary/aromatic N) is 2. The molecule has 0 amide bonds. The Hall–Kier alpha value is -3.11. The maximum absolute atomic E-state index is 12.5. The molecular weight excluding hydrogens is 334 g/mol. The summed E-state index contributed by atoms with van der Waals surface area (Å²) in [7, 11) is 0. The van der Waals surface area contributed by atoms with Crippen molar-refractivity contribution < 1.29 is 0 Å². The van der Waals surface area contributed by atoms with E-state index < -0.39 is 0 Å². The Balaban J connectivity index is 1.46. The van der Waals surface area contributed by atoms with Gasteiger partial charge in [0.2, 0.25) is 0 Å². The third-order valence-corrected chi connectivity index (χ3v) is 5.48. The van der Waals surface area contributed by atoms with Crippen molar-refractivity contribution in [3.8, 4) is 0 Å². The minimum Gasteiger partial charge on any atom is -0.306 e. The van der Waals surface area contributed by atoms with Crippen LogP contribution < -0.4 is 5.69 Å². The summed E-state index contributed by atoms with van der Waals surface area (Å²) in [6, 6.07) is 29.5. The second-order valence-electron chi connectivity index (χ2n) is 7.15. The van der Waals surface area contributed by atoms with E-state index in [1.807, 2.05) is 28.8 Å². The van der Waals surface area contributed by atoms with Gasteiger partial charge in [0.05, 0.1) is 23.1 Å². The van der Waals surface area contributed by atoms with Crippen LogP contribution in [0.3, 0.4) is 0 Å². The molecule has 1 N–H and O–H groups in total. The van der Waals surface area contributed by atoms with E-state index in [1.54, 1.807) is 0 Å². The van der Waals surface area contributed by atoms with Crippen LogP contribution >= 0.6 is 0 Å².